The average molecular weight is 309 g/mol. The van der Waals surface area contributed by atoms with Gasteiger partial charge in [-0.15, -0.1) is 11.6 Å². The number of aliphatic carboxylic acids is 1. The number of halogens is 3. The molecule has 0 radical (unpaired) electrons. The number of rotatable bonds is 7. The van der Waals surface area contributed by atoms with Crippen LogP contribution in [0.25, 0.3) is 0 Å². The summed E-state index contributed by atoms with van der Waals surface area (Å²) >= 11 is 5.34. The van der Waals surface area contributed by atoms with E-state index < -0.39 is 24.4 Å². The van der Waals surface area contributed by atoms with Crippen molar-refractivity contribution in [3.63, 3.8) is 0 Å². The van der Waals surface area contributed by atoms with Crippen molar-refractivity contribution in [2.45, 2.75) is 19.1 Å². The predicted molar refractivity (Wildman–Crippen MR) is 65.1 cm³/mol. The molecule has 1 atom stereocenters. The van der Waals surface area contributed by atoms with Crippen LogP contribution in [0.3, 0.4) is 0 Å². The first-order valence-electron chi connectivity index (χ1n) is 5.41. The number of ketones is 1. The standard InChI is InChI=1S/C12H11ClF2O5/c13-5-7(16)3-6-1-2-9(20-12(14)15)8(4-6)10(17)11(18)19/h1-2,4,10,12,17H,3,5H2,(H,18,19). The molecule has 8 heteroatoms. The normalized spacial score (nSPS) is 12.2. The van der Waals surface area contributed by atoms with E-state index in [1.165, 1.54) is 6.07 Å². The molecule has 1 unspecified atom stereocenters. The number of aliphatic hydroxyl groups excluding tert-OH is 1. The lowest BCUT2D eigenvalue weighted by Crippen LogP contribution is -2.14. The molecule has 0 aliphatic carbocycles. The highest BCUT2D eigenvalue weighted by molar-refractivity contribution is 6.27. The molecule has 110 valence electrons. The molecule has 0 saturated heterocycles. The summed E-state index contributed by atoms with van der Waals surface area (Å²) in [4.78, 5) is 21.9. The van der Waals surface area contributed by atoms with E-state index in [2.05, 4.69) is 4.74 Å². The minimum absolute atomic E-state index is 0.0994. The fraction of sp³-hybridized carbons (Fsp3) is 0.333. The molecule has 1 aromatic rings. The lowest BCUT2D eigenvalue weighted by molar-refractivity contribution is -0.147. The van der Waals surface area contributed by atoms with E-state index in [4.69, 9.17) is 16.7 Å². The second kappa shape index (κ2) is 7.16. The van der Waals surface area contributed by atoms with Crippen LogP contribution in [-0.2, 0) is 16.0 Å². The van der Waals surface area contributed by atoms with Crippen LogP contribution >= 0.6 is 11.6 Å². The molecule has 0 amide bonds. The number of alkyl halides is 3. The van der Waals surface area contributed by atoms with Crippen molar-refractivity contribution >= 4 is 23.4 Å². The van der Waals surface area contributed by atoms with Gasteiger partial charge in [0.1, 0.15) is 5.75 Å². The van der Waals surface area contributed by atoms with Crippen molar-refractivity contribution < 1.29 is 33.3 Å². The number of carboxylic acids is 1. The lowest BCUT2D eigenvalue weighted by atomic mass is 10.0. The number of carbonyl (C=O) groups is 2. The molecular formula is C12H11ClF2O5. The molecular weight excluding hydrogens is 298 g/mol. The number of Topliss-reactive ketones (excluding diaryl/α,β-unsaturated/α-hetero) is 1. The first-order valence-corrected chi connectivity index (χ1v) is 5.94. The molecule has 0 aromatic heterocycles. The molecule has 1 aromatic carbocycles. The highest BCUT2D eigenvalue weighted by Crippen LogP contribution is 2.28. The summed E-state index contributed by atoms with van der Waals surface area (Å²) in [5.41, 5.74) is -0.00904. The Morgan fingerprint density at radius 3 is 2.50 bits per heavy atom. The van der Waals surface area contributed by atoms with Crippen molar-refractivity contribution in [3.05, 3.63) is 29.3 Å². The van der Waals surface area contributed by atoms with Gasteiger partial charge in [0.15, 0.2) is 11.9 Å². The van der Waals surface area contributed by atoms with E-state index in [1.807, 2.05) is 0 Å². The molecule has 1 rings (SSSR count). The van der Waals surface area contributed by atoms with Gasteiger partial charge in [0.25, 0.3) is 0 Å². The number of ether oxygens (including phenoxy) is 1. The van der Waals surface area contributed by atoms with Crippen LogP contribution in [0.2, 0.25) is 0 Å². The topological polar surface area (TPSA) is 83.8 Å². The Kier molecular flexibility index (Phi) is 5.84. The van der Waals surface area contributed by atoms with Crippen molar-refractivity contribution in [2.24, 2.45) is 0 Å². The number of carboxylic acid groups (broad SMARTS) is 1. The van der Waals surface area contributed by atoms with Crippen molar-refractivity contribution in [3.8, 4) is 5.75 Å². The largest absolute Gasteiger partial charge is 0.479 e. The summed E-state index contributed by atoms with van der Waals surface area (Å²) in [5, 5.41) is 18.2. The molecule has 0 aliphatic heterocycles. The van der Waals surface area contributed by atoms with Crippen LogP contribution in [0.4, 0.5) is 8.78 Å². The molecule has 0 fully saturated rings. The van der Waals surface area contributed by atoms with Gasteiger partial charge >= 0.3 is 12.6 Å². The van der Waals surface area contributed by atoms with E-state index in [0.717, 1.165) is 12.1 Å². The number of hydrogen-bond acceptors (Lipinski definition) is 4. The van der Waals surface area contributed by atoms with Crippen LogP contribution in [0.1, 0.15) is 17.2 Å². The molecule has 0 spiro atoms. The third kappa shape index (κ3) is 4.43. The number of carbonyl (C=O) groups excluding carboxylic acids is 1. The van der Waals surface area contributed by atoms with E-state index in [0.29, 0.717) is 5.56 Å². The van der Waals surface area contributed by atoms with Crippen LogP contribution in [-0.4, -0.2) is 34.5 Å². The minimum Gasteiger partial charge on any atom is -0.479 e. The van der Waals surface area contributed by atoms with Crippen molar-refractivity contribution in [2.75, 3.05) is 5.88 Å². The smallest absolute Gasteiger partial charge is 0.387 e. The number of benzene rings is 1. The van der Waals surface area contributed by atoms with Gasteiger partial charge in [0.2, 0.25) is 0 Å². The highest BCUT2D eigenvalue weighted by atomic mass is 35.5. The van der Waals surface area contributed by atoms with Gasteiger partial charge in [-0.2, -0.15) is 8.78 Å². The quantitative estimate of drug-likeness (QED) is 0.750. The zero-order valence-corrected chi connectivity index (χ0v) is 10.8. The van der Waals surface area contributed by atoms with Gasteiger partial charge < -0.3 is 14.9 Å². The molecule has 0 aliphatic rings. The summed E-state index contributed by atoms with van der Waals surface area (Å²) in [6.45, 7) is -3.16. The summed E-state index contributed by atoms with van der Waals surface area (Å²) in [6.07, 6.45) is -2.13. The third-order valence-corrected chi connectivity index (χ3v) is 2.67. The van der Waals surface area contributed by atoms with Crippen LogP contribution in [0, 0.1) is 0 Å². The van der Waals surface area contributed by atoms with E-state index in [9.17, 15) is 23.5 Å². The predicted octanol–water partition coefficient (Wildman–Crippen LogP) is 1.76. The van der Waals surface area contributed by atoms with E-state index in [1.54, 1.807) is 0 Å². The van der Waals surface area contributed by atoms with Gasteiger partial charge in [0, 0.05) is 12.0 Å². The zero-order chi connectivity index (χ0) is 15.3. The molecule has 2 N–H and O–H groups in total. The first kappa shape index (κ1) is 16.3. The van der Waals surface area contributed by atoms with Gasteiger partial charge in [-0.1, -0.05) is 6.07 Å². The van der Waals surface area contributed by atoms with Gasteiger partial charge in [0.05, 0.1) is 5.88 Å². The van der Waals surface area contributed by atoms with Crippen LogP contribution in [0.5, 0.6) is 5.75 Å². The van der Waals surface area contributed by atoms with Crippen LogP contribution in [0.15, 0.2) is 18.2 Å². The molecule has 0 bridgehead atoms. The van der Waals surface area contributed by atoms with Gasteiger partial charge in [-0.25, -0.2) is 4.79 Å². The average Bonchev–Trinajstić information content (AvgIpc) is 2.38. The Labute approximate surface area is 117 Å². The van der Waals surface area contributed by atoms with Gasteiger partial charge in [-0.05, 0) is 17.7 Å². The Morgan fingerprint density at radius 1 is 1.35 bits per heavy atom. The number of aliphatic hydroxyl groups is 1. The van der Waals surface area contributed by atoms with Gasteiger partial charge in [-0.3, -0.25) is 4.79 Å². The summed E-state index contributed by atoms with van der Waals surface area (Å²) in [5.74, 6) is -2.64. The maximum atomic E-state index is 12.2. The fourth-order valence-corrected chi connectivity index (χ4v) is 1.63. The fourth-order valence-electron chi connectivity index (χ4n) is 1.53. The summed E-state index contributed by atoms with van der Waals surface area (Å²) in [6, 6.07) is 3.52. The monoisotopic (exact) mass is 308 g/mol. The van der Waals surface area contributed by atoms with Crippen molar-refractivity contribution in [1.29, 1.82) is 0 Å². The molecule has 20 heavy (non-hydrogen) atoms. The second-order valence-corrected chi connectivity index (χ2v) is 4.11. The minimum atomic E-state index is -3.16. The van der Waals surface area contributed by atoms with E-state index >= 15 is 0 Å². The molecule has 5 nitrogen and oxygen atoms in total. The van der Waals surface area contributed by atoms with Crippen molar-refractivity contribution in [1.82, 2.24) is 0 Å². The first-order chi connectivity index (χ1) is 9.35. The van der Waals surface area contributed by atoms with E-state index in [-0.39, 0.29) is 23.6 Å². The Hall–Kier alpha value is -1.73. The van der Waals surface area contributed by atoms with Crippen LogP contribution < -0.4 is 4.74 Å². The maximum absolute atomic E-state index is 12.2. The molecule has 0 heterocycles. The molecule has 0 saturated carbocycles. The number of hydrogen-bond donors (Lipinski definition) is 2. The Morgan fingerprint density at radius 2 is 2.00 bits per heavy atom. The Balaban J connectivity index is 3.14. The second-order valence-electron chi connectivity index (χ2n) is 3.84. The summed E-state index contributed by atoms with van der Waals surface area (Å²) in [7, 11) is 0. The third-order valence-electron chi connectivity index (χ3n) is 2.37. The zero-order valence-electron chi connectivity index (χ0n) is 10.1. The summed E-state index contributed by atoms with van der Waals surface area (Å²) < 4.78 is 28.6. The lowest BCUT2D eigenvalue weighted by Gasteiger charge is -2.14. The Bertz CT molecular complexity index is 507. The SMILES string of the molecule is O=C(CCl)Cc1ccc(OC(F)F)c(C(O)C(=O)O)c1. The highest BCUT2D eigenvalue weighted by Gasteiger charge is 2.23. The maximum Gasteiger partial charge on any atom is 0.387 e.